The highest BCUT2D eigenvalue weighted by molar-refractivity contribution is 7.90. The summed E-state index contributed by atoms with van der Waals surface area (Å²) in [6, 6.07) is 0. The monoisotopic (exact) mass is 315 g/mol. The molecule has 118 valence electrons. The fourth-order valence-electron chi connectivity index (χ4n) is 2.40. The van der Waals surface area contributed by atoms with Gasteiger partial charge in [0, 0.05) is 31.7 Å². The lowest BCUT2D eigenvalue weighted by molar-refractivity contribution is -0.132. The highest BCUT2D eigenvalue weighted by Crippen LogP contribution is 2.28. The van der Waals surface area contributed by atoms with E-state index in [-0.39, 0.29) is 17.0 Å². The number of aromatic nitrogens is 2. The first-order valence-electron chi connectivity index (χ1n) is 7.23. The number of likely N-dealkylation sites (tertiary alicyclic amines) is 1. The van der Waals surface area contributed by atoms with E-state index in [0.29, 0.717) is 25.4 Å². The Balaban J connectivity index is 1.92. The third-order valence-corrected chi connectivity index (χ3v) is 4.48. The smallest absolute Gasteiger partial charge is 0.335 e. The number of unbranched alkanes of at least 4 members (excludes halogenated alkanes) is 1. The van der Waals surface area contributed by atoms with Gasteiger partial charge in [0.05, 0.1) is 0 Å². The highest BCUT2D eigenvalue weighted by Gasteiger charge is 2.28. The number of piperidine rings is 1. The van der Waals surface area contributed by atoms with E-state index in [2.05, 4.69) is 17.1 Å². The third kappa shape index (κ3) is 4.03. The topological polar surface area (TPSA) is 93.4 Å². The Morgan fingerprint density at radius 1 is 1.33 bits per heavy atom. The van der Waals surface area contributed by atoms with Gasteiger partial charge in [-0.15, -0.1) is 5.10 Å². The number of hydrogen-bond donors (Lipinski definition) is 0. The lowest BCUT2D eigenvalue weighted by Crippen LogP contribution is -2.37. The largest absolute Gasteiger partial charge is 0.412 e. The maximum absolute atomic E-state index is 11.9. The minimum Gasteiger partial charge on any atom is -0.412 e. The molecule has 0 unspecified atom stereocenters. The van der Waals surface area contributed by atoms with Crippen molar-refractivity contribution < 1.29 is 17.6 Å². The lowest BCUT2D eigenvalue weighted by Gasteiger charge is -2.30. The van der Waals surface area contributed by atoms with E-state index in [4.69, 9.17) is 4.42 Å². The molecule has 0 spiro atoms. The van der Waals surface area contributed by atoms with Gasteiger partial charge in [-0.05, 0) is 19.3 Å². The van der Waals surface area contributed by atoms with E-state index in [1.807, 2.05) is 4.90 Å². The fourth-order valence-corrected chi connectivity index (χ4v) is 2.82. The Morgan fingerprint density at radius 2 is 2.00 bits per heavy atom. The van der Waals surface area contributed by atoms with Gasteiger partial charge in [-0.1, -0.05) is 18.4 Å². The molecule has 21 heavy (non-hydrogen) atoms. The quantitative estimate of drug-likeness (QED) is 0.814. The first-order valence-corrected chi connectivity index (χ1v) is 9.12. The van der Waals surface area contributed by atoms with Crippen molar-refractivity contribution in [2.45, 2.75) is 50.2 Å². The third-order valence-electron chi connectivity index (χ3n) is 3.68. The fraction of sp³-hybridized carbons (Fsp3) is 0.769. The number of carbonyl (C=O) groups excluding carboxylic acids is 1. The van der Waals surface area contributed by atoms with Crippen LogP contribution in [0.2, 0.25) is 0 Å². The summed E-state index contributed by atoms with van der Waals surface area (Å²) in [7, 11) is -3.46. The molecule has 0 atom stereocenters. The molecule has 1 aromatic heterocycles. The molecule has 1 amide bonds. The molecule has 1 saturated heterocycles. The van der Waals surface area contributed by atoms with E-state index in [1.54, 1.807) is 0 Å². The van der Waals surface area contributed by atoms with Crippen LogP contribution in [0.1, 0.15) is 50.8 Å². The Hall–Kier alpha value is -1.44. The maximum Gasteiger partial charge on any atom is 0.335 e. The van der Waals surface area contributed by atoms with Crippen LogP contribution in [0.4, 0.5) is 0 Å². The second kappa shape index (κ2) is 6.55. The van der Waals surface area contributed by atoms with E-state index in [0.717, 1.165) is 31.9 Å². The molecule has 0 saturated carbocycles. The van der Waals surface area contributed by atoms with Gasteiger partial charge in [0.1, 0.15) is 0 Å². The molecule has 0 aromatic carbocycles. The zero-order valence-electron chi connectivity index (χ0n) is 12.4. The molecule has 8 heteroatoms. The predicted octanol–water partition coefficient (Wildman–Crippen LogP) is 1.37. The SMILES string of the molecule is CCCCC(=O)N1CCC(c2nnc(S(C)(=O)=O)o2)CC1. The Morgan fingerprint density at radius 3 is 2.52 bits per heavy atom. The number of carbonyl (C=O) groups is 1. The first-order chi connectivity index (χ1) is 9.91. The van der Waals surface area contributed by atoms with Crippen LogP contribution in [0.15, 0.2) is 9.64 Å². The van der Waals surface area contributed by atoms with Gasteiger partial charge < -0.3 is 9.32 Å². The standard InChI is InChI=1S/C13H21N3O4S/c1-3-4-5-11(17)16-8-6-10(7-9-16)12-14-15-13(20-12)21(2,18)19/h10H,3-9H2,1-2H3. The van der Waals surface area contributed by atoms with Crippen LogP contribution >= 0.6 is 0 Å². The van der Waals surface area contributed by atoms with Crippen molar-refractivity contribution in [1.29, 1.82) is 0 Å². The zero-order valence-corrected chi connectivity index (χ0v) is 13.2. The molecule has 1 aromatic rings. The van der Waals surface area contributed by atoms with Crippen molar-refractivity contribution in [1.82, 2.24) is 15.1 Å². The van der Waals surface area contributed by atoms with E-state index in [1.165, 1.54) is 0 Å². The summed E-state index contributed by atoms with van der Waals surface area (Å²) >= 11 is 0. The molecule has 0 N–H and O–H groups in total. The molecule has 2 rings (SSSR count). The maximum atomic E-state index is 11.9. The van der Waals surface area contributed by atoms with Crippen molar-refractivity contribution in [3.63, 3.8) is 0 Å². The summed E-state index contributed by atoms with van der Waals surface area (Å²) in [4.78, 5) is 13.8. The molecular formula is C13H21N3O4S. The summed E-state index contributed by atoms with van der Waals surface area (Å²) < 4.78 is 27.9. The van der Waals surface area contributed by atoms with Gasteiger partial charge in [0.2, 0.25) is 21.6 Å². The number of sulfone groups is 1. The van der Waals surface area contributed by atoms with Crippen molar-refractivity contribution in [2.24, 2.45) is 0 Å². The first kappa shape index (κ1) is 15.9. The van der Waals surface area contributed by atoms with Gasteiger partial charge in [0.25, 0.3) is 0 Å². The summed E-state index contributed by atoms with van der Waals surface area (Å²) in [5, 5.41) is 7.06. The molecule has 1 aliphatic heterocycles. The predicted molar refractivity (Wildman–Crippen MR) is 75.5 cm³/mol. The van der Waals surface area contributed by atoms with Crippen LogP contribution < -0.4 is 0 Å². The molecule has 0 aliphatic carbocycles. The van der Waals surface area contributed by atoms with Crippen LogP contribution in [-0.2, 0) is 14.6 Å². The molecule has 1 fully saturated rings. The Labute approximate surface area is 124 Å². The van der Waals surface area contributed by atoms with Gasteiger partial charge >= 0.3 is 5.22 Å². The average molecular weight is 315 g/mol. The summed E-state index contributed by atoms with van der Waals surface area (Å²) in [5.41, 5.74) is 0. The number of rotatable bonds is 5. The average Bonchev–Trinajstić information content (AvgIpc) is 2.95. The van der Waals surface area contributed by atoms with Gasteiger partial charge in [0.15, 0.2) is 0 Å². The van der Waals surface area contributed by atoms with Crippen molar-refractivity contribution >= 4 is 15.7 Å². The molecule has 7 nitrogen and oxygen atoms in total. The van der Waals surface area contributed by atoms with Gasteiger partial charge in [-0.3, -0.25) is 4.79 Å². The van der Waals surface area contributed by atoms with Crippen LogP contribution in [-0.4, -0.2) is 48.8 Å². The second-order valence-electron chi connectivity index (χ2n) is 5.44. The van der Waals surface area contributed by atoms with E-state index in [9.17, 15) is 13.2 Å². The van der Waals surface area contributed by atoms with Crippen LogP contribution in [0.3, 0.4) is 0 Å². The summed E-state index contributed by atoms with van der Waals surface area (Å²) in [6.45, 7) is 3.38. The van der Waals surface area contributed by atoms with Crippen molar-refractivity contribution in [3.8, 4) is 0 Å². The van der Waals surface area contributed by atoms with Crippen LogP contribution in [0, 0.1) is 0 Å². The van der Waals surface area contributed by atoms with Gasteiger partial charge in [-0.2, -0.15) is 0 Å². The number of nitrogens with zero attached hydrogens (tertiary/aromatic N) is 3. The number of amides is 1. The van der Waals surface area contributed by atoms with Crippen molar-refractivity contribution in [2.75, 3.05) is 19.3 Å². The zero-order chi connectivity index (χ0) is 15.5. The molecule has 0 bridgehead atoms. The van der Waals surface area contributed by atoms with E-state index < -0.39 is 9.84 Å². The van der Waals surface area contributed by atoms with Gasteiger partial charge in [-0.25, -0.2) is 8.42 Å². The number of hydrogen-bond acceptors (Lipinski definition) is 6. The van der Waals surface area contributed by atoms with Crippen molar-refractivity contribution in [3.05, 3.63) is 5.89 Å². The summed E-state index contributed by atoms with van der Waals surface area (Å²) in [6.07, 6.45) is 5.02. The molecule has 2 heterocycles. The molecule has 1 aliphatic rings. The van der Waals surface area contributed by atoms with E-state index >= 15 is 0 Å². The van der Waals surface area contributed by atoms with Crippen LogP contribution in [0.5, 0.6) is 0 Å². The normalized spacial score (nSPS) is 17.1. The minimum atomic E-state index is -3.46. The molecular weight excluding hydrogens is 294 g/mol. The summed E-state index contributed by atoms with van der Waals surface area (Å²) in [5.74, 6) is 0.581. The van der Waals surface area contributed by atoms with Crippen LogP contribution in [0.25, 0.3) is 0 Å². The highest BCUT2D eigenvalue weighted by atomic mass is 32.2. The Bertz CT molecular complexity index is 588. The molecule has 0 radical (unpaired) electrons. The Kier molecular flexibility index (Phi) is 4.97. The minimum absolute atomic E-state index is 0.0308. The lowest BCUT2D eigenvalue weighted by atomic mass is 9.96. The second-order valence-corrected chi connectivity index (χ2v) is 7.33.